The molecule has 0 rings (SSSR count). The molecule has 0 aromatic rings. The van der Waals surface area contributed by atoms with Crippen molar-refractivity contribution in [2.24, 2.45) is 0 Å². The Morgan fingerprint density at radius 3 is 2.35 bits per heavy atom. The van der Waals surface area contributed by atoms with Crippen LogP contribution >= 0.6 is 0 Å². The van der Waals surface area contributed by atoms with Crippen molar-refractivity contribution in [3.63, 3.8) is 0 Å². The first-order chi connectivity index (χ1) is 7.97. The lowest BCUT2D eigenvalue weighted by Crippen LogP contribution is -2.39. The van der Waals surface area contributed by atoms with Crippen molar-refractivity contribution in [3.05, 3.63) is 0 Å². The van der Waals surface area contributed by atoms with Gasteiger partial charge in [-0.25, -0.2) is 4.79 Å². The fourth-order valence-corrected chi connectivity index (χ4v) is 1.33. The molecule has 2 amide bonds. The van der Waals surface area contributed by atoms with Gasteiger partial charge in [-0.15, -0.1) is 0 Å². The van der Waals surface area contributed by atoms with E-state index in [1.54, 1.807) is 6.92 Å². The highest BCUT2D eigenvalue weighted by Gasteiger charge is 2.17. The molecule has 0 aromatic heterocycles. The van der Waals surface area contributed by atoms with E-state index >= 15 is 0 Å². The van der Waals surface area contributed by atoms with Crippen LogP contribution in [0.1, 0.15) is 39.5 Å². The number of unbranched alkanes of at least 4 members (excludes halogenated alkanes) is 1. The third-order valence-electron chi connectivity index (χ3n) is 2.24. The van der Waals surface area contributed by atoms with Crippen molar-refractivity contribution in [1.82, 2.24) is 10.6 Å². The van der Waals surface area contributed by atoms with Crippen LogP contribution in [0.5, 0.6) is 0 Å². The van der Waals surface area contributed by atoms with Crippen molar-refractivity contribution >= 4 is 17.8 Å². The van der Waals surface area contributed by atoms with Crippen LogP contribution in [0.25, 0.3) is 0 Å². The van der Waals surface area contributed by atoms with Gasteiger partial charge in [0, 0.05) is 19.9 Å². The van der Waals surface area contributed by atoms with Crippen LogP contribution in [0.3, 0.4) is 0 Å². The second-order valence-corrected chi connectivity index (χ2v) is 3.79. The molecular weight excluding hydrogens is 224 g/mol. The summed E-state index contributed by atoms with van der Waals surface area (Å²) in [4.78, 5) is 32.4. The zero-order valence-corrected chi connectivity index (χ0v) is 10.3. The number of carbonyl (C=O) groups excluding carboxylic acids is 2. The Bertz CT molecular complexity index is 279. The molecule has 98 valence electrons. The highest BCUT2D eigenvalue weighted by atomic mass is 16.4. The van der Waals surface area contributed by atoms with Crippen LogP contribution in [0.4, 0.5) is 0 Å². The SMILES string of the molecule is CCC(=O)NCCCCC(NC(C)=O)C(=O)O. The van der Waals surface area contributed by atoms with Crippen molar-refractivity contribution in [2.75, 3.05) is 6.54 Å². The van der Waals surface area contributed by atoms with E-state index < -0.39 is 12.0 Å². The van der Waals surface area contributed by atoms with Gasteiger partial charge in [0.1, 0.15) is 6.04 Å². The summed E-state index contributed by atoms with van der Waals surface area (Å²) in [5.41, 5.74) is 0. The number of carboxylic acids is 1. The molecule has 0 aliphatic carbocycles. The predicted molar refractivity (Wildman–Crippen MR) is 62.4 cm³/mol. The van der Waals surface area contributed by atoms with Crippen LogP contribution in [0.2, 0.25) is 0 Å². The lowest BCUT2D eigenvalue weighted by atomic mass is 10.1. The van der Waals surface area contributed by atoms with Gasteiger partial charge in [0.25, 0.3) is 0 Å². The number of rotatable bonds is 8. The van der Waals surface area contributed by atoms with Crippen LogP contribution in [-0.2, 0) is 14.4 Å². The van der Waals surface area contributed by atoms with Crippen LogP contribution in [0, 0.1) is 0 Å². The first-order valence-electron chi connectivity index (χ1n) is 5.74. The van der Waals surface area contributed by atoms with Gasteiger partial charge in [0.2, 0.25) is 11.8 Å². The Balaban J connectivity index is 3.72. The Morgan fingerprint density at radius 2 is 1.88 bits per heavy atom. The van der Waals surface area contributed by atoms with Gasteiger partial charge in [-0.1, -0.05) is 6.92 Å². The average Bonchev–Trinajstić information content (AvgIpc) is 2.25. The van der Waals surface area contributed by atoms with Crippen molar-refractivity contribution in [2.45, 2.75) is 45.6 Å². The monoisotopic (exact) mass is 244 g/mol. The highest BCUT2D eigenvalue weighted by molar-refractivity contribution is 5.81. The standard InChI is InChI=1S/C11H20N2O4/c1-3-10(15)12-7-5-4-6-9(11(16)17)13-8(2)14/h9H,3-7H2,1-2H3,(H,12,15)(H,13,14)(H,16,17). The smallest absolute Gasteiger partial charge is 0.326 e. The van der Waals surface area contributed by atoms with E-state index in [-0.39, 0.29) is 11.8 Å². The largest absolute Gasteiger partial charge is 0.480 e. The zero-order valence-electron chi connectivity index (χ0n) is 10.3. The molecule has 0 heterocycles. The Hall–Kier alpha value is -1.59. The average molecular weight is 244 g/mol. The van der Waals surface area contributed by atoms with Crippen molar-refractivity contribution < 1.29 is 19.5 Å². The van der Waals surface area contributed by atoms with Crippen molar-refractivity contribution in [1.29, 1.82) is 0 Å². The molecule has 1 unspecified atom stereocenters. The molecule has 0 aliphatic rings. The van der Waals surface area contributed by atoms with E-state index in [0.717, 1.165) is 0 Å². The van der Waals surface area contributed by atoms with Gasteiger partial charge in [-0.05, 0) is 19.3 Å². The summed E-state index contributed by atoms with van der Waals surface area (Å²) in [6.45, 7) is 3.60. The van der Waals surface area contributed by atoms with E-state index in [0.29, 0.717) is 32.2 Å². The summed E-state index contributed by atoms with van der Waals surface area (Å²) in [5, 5.41) is 13.9. The van der Waals surface area contributed by atoms with E-state index in [1.165, 1.54) is 6.92 Å². The van der Waals surface area contributed by atoms with E-state index in [1.807, 2.05) is 0 Å². The Morgan fingerprint density at radius 1 is 1.24 bits per heavy atom. The topological polar surface area (TPSA) is 95.5 Å². The van der Waals surface area contributed by atoms with E-state index in [9.17, 15) is 14.4 Å². The molecule has 0 saturated carbocycles. The normalized spacial score (nSPS) is 11.6. The Labute approximate surface area is 101 Å². The van der Waals surface area contributed by atoms with Crippen molar-refractivity contribution in [3.8, 4) is 0 Å². The zero-order chi connectivity index (χ0) is 13.3. The number of carboxylic acid groups (broad SMARTS) is 1. The van der Waals surface area contributed by atoms with Gasteiger partial charge >= 0.3 is 5.97 Å². The lowest BCUT2D eigenvalue weighted by Gasteiger charge is -2.12. The summed E-state index contributed by atoms with van der Waals surface area (Å²) in [6, 6.07) is -0.839. The summed E-state index contributed by atoms with van der Waals surface area (Å²) in [6.07, 6.45) is 2.16. The summed E-state index contributed by atoms with van der Waals surface area (Å²) < 4.78 is 0. The second kappa shape index (κ2) is 8.55. The van der Waals surface area contributed by atoms with Gasteiger partial charge in [0.15, 0.2) is 0 Å². The maximum Gasteiger partial charge on any atom is 0.326 e. The maximum absolute atomic E-state index is 10.9. The molecule has 3 N–H and O–H groups in total. The summed E-state index contributed by atoms with van der Waals surface area (Å²) in [5.74, 6) is -1.39. The molecule has 0 saturated heterocycles. The summed E-state index contributed by atoms with van der Waals surface area (Å²) >= 11 is 0. The Kier molecular flexibility index (Phi) is 7.75. The van der Waals surface area contributed by atoms with Gasteiger partial charge in [-0.3, -0.25) is 9.59 Å². The molecule has 0 aromatic carbocycles. The maximum atomic E-state index is 10.9. The first kappa shape index (κ1) is 15.4. The third-order valence-corrected chi connectivity index (χ3v) is 2.24. The van der Waals surface area contributed by atoms with E-state index in [2.05, 4.69) is 10.6 Å². The number of hydrogen-bond acceptors (Lipinski definition) is 3. The molecule has 6 heteroatoms. The number of aliphatic carboxylic acids is 1. The van der Waals surface area contributed by atoms with Gasteiger partial charge in [0.05, 0.1) is 0 Å². The fourth-order valence-electron chi connectivity index (χ4n) is 1.33. The third kappa shape index (κ3) is 8.24. The molecule has 17 heavy (non-hydrogen) atoms. The lowest BCUT2D eigenvalue weighted by molar-refractivity contribution is -0.141. The molecular formula is C11H20N2O4. The predicted octanol–water partition coefficient (Wildman–Crippen LogP) is 0.272. The molecule has 6 nitrogen and oxygen atoms in total. The van der Waals surface area contributed by atoms with Gasteiger partial charge < -0.3 is 15.7 Å². The minimum atomic E-state index is -1.03. The quantitative estimate of drug-likeness (QED) is 0.534. The number of nitrogens with one attached hydrogen (secondary N) is 2. The molecule has 0 spiro atoms. The van der Waals surface area contributed by atoms with E-state index in [4.69, 9.17) is 5.11 Å². The van der Waals surface area contributed by atoms with Crippen LogP contribution in [-0.4, -0.2) is 35.5 Å². The van der Waals surface area contributed by atoms with Crippen LogP contribution < -0.4 is 10.6 Å². The number of amides is 2. The second-order valence-electron chi connectivity index (χ2n) is 3.79. The first-order valence-corrected chi connectivity index (χ1v) is 5.74. The molecule has 0 radical (unpaired) electrons. The summed E-state index contributed by atoms with van der Waals surface area (Å²) in [7, 11) is 0. The molecule has 0 aliphatic heterocycles. The molecule has 0 bridgehead atoms. The van der Waals surface area contributed by atoms with Gasteiger partial charge in [-0.2, -0.15) is 0 Å². The fraction of sp³-hybridized carbons (Fsp3) is 0.727. The highest BCUT2D eigenvalue weighted by Crippen LogP contribution is 2.01. The van der Waals surface area contributed by atoms with Crippen LogP contribution in [0.15, 0.2) is 0 Å². The minimum Gasteiger partial charge on any atom is -0.480 e. The molecule has 1 atom stereocenters. The minimum absolute atomic E-state index is 0.0124. The number of carbonyl (C=O) groups is 3. The molecule has 0 fully saturated rings. The number of hydrogen-bond donors (Lipinski definition) is 3.